The van der Waals surface area contributed by atoms with Crippen molar-refractivity contribution in [3.63, 3.8) is 0 Å². The number of carbonyl (C=O) groups is 1. The molecule has 0 aliphatic carbocycles. The van der Waals surface area contributed by atoms with E-state index in [0.717, 1.165) is 12.0 Å². The Hall–Kier alpha value is -2.29. The summed E-state index contributed by atoms with van der Waals surface area (Å²) in [6.07, 6.45) is 0.988. The molecule has 0 fully saturated rings. The Morgan fingerprint density at radius 1 is 1.15 bits per heavy atom. The van der Waals surface area contributed by atoms with Gasteiger partial charge in [0, 0.05) is 12.2 Å². The summed E-state index contributed by atoms with van der Waals surface area (Å²) < 4.78 is 0. The zero-order valence-corrected chi connectivity index (χ0v) is 11.8. The minimum Gasteiger partial charge on any atom is -0.478 e. The van der Waals surface area contributed by atoms with Crippen molar-refractivity contribution in [3.05, 3.63) is 64.7 Å². The molecule has 0 aliphatic rings. The fourth-order valence-corrected chi connectivity index (χ4v) is 2.23. The van der Waals surface area contributed by atoms with E-state index >= 15 is 0 Å². The average molecular weight is 269 g/mol. The lowest BCUT2D eigenvalue weighted by Crippen LogP contribution is -2.04. The molecule has 20 heavy (non-hydrogen) atoms. The maximum Gasteiger partial charge on any atom is 0.335 e. The predicted octanol–water partition coefficient (Wildman–Crippen LogP) is 3.87. The maximum atomic E-state index is 10.8. The summed E-state index contributed by atoms with van der Waals surface area (Å²) >= 11 is 0. The molecular weight excluding hydrogens is 250 g/mol. The summed E-state index contributed by atoms with van der Waals surface area (Å²) in [6.45, 7) is 4.92. The summed E-state index contributed by atoms with van der Waals surface area (Å²) in [7, 11) is 0. The Kier molecular flexibility index (Phi) is 4.41. The molecule has 0 saturated heterocycles. The lowest BCUT2D eigenvalue weighted by atomic mass is 10.1. The van der Waals surface area contributed by atoms with Gasteiger partial charge in [0.25, 0.3) is 0 Å². The second-order valence-electron chi connectivity index (χ2n) is 4.82. The van der Waals surface area contributed by atoms with Gasteiger partial charge in [-0.3, -0.25) is 0 Å². The average Bonchev–Trinajstić information content (AvgIpc) is 2.46. The van der Waals surface area contributed by atoms with Gasteiger partial charge < -0.3 is 10.4 Å². The van der Waals surface area contributed by atoms with Crippen LogP contribution in [0.2, 0.25) is 0 Å². The van der Waals surface area contributed by atoms with Gasteiger partial charge in [0.1, 0.15) is 0 Å². The summed E-state index contributed by atoms with van der Waals surface area (Å²) in [5.74, 6) is -0.892. The molecule has 2 rings (SSSR count). The lowest BCUT2D eigenvalue weighted by molar-refractivity contribution is 0.0697. The highest BCUT2D eigenvalue weighted by Crippen LogP contribution is 2.21. The fourth-order valence-electron chi connectivity index (χ4n) is 2.23. The van der Waals surface area contributed by atoms with Gasteiger partial charge in [0.15, 0.2) is 0 Å². The molecule has 0 aromatic heterocycles. The first-order valence-corrected chi connectivity index (χ1v) is 6.76. The molecule has 0 spiro atoms. The van der Waals surface area contributed by atoms with Crippen LogP contribution in [-0.2, 0) is 13.0 Å². The van der Waals surface area contributed by atoms with E-state index in [1.54, 1.807) is 12.1 Å². The Bertz CT molecular complexity index is 603. The van der Waals surface area contributed by atoms with E-state index in [1.165, 1.54) is 16.8 Å². The highest BCUT2D eigenvalue weighted by Gasteiger charge is 2.05. The Morgan fingerprint density at radius 3 is 2.45 bits per heavy atom. The molecule has 0 aliphatic heterocycles. The molecule has 3 heteroatoms. The lowest BCUT2D eigenvalue weighted by Gasteiger charge is -2.14. The molecule has 2 N–H and O–H groups in total. The Morgan fingerprint density at radius 2 is 1.85 bits per heavy atom. The first kappa shape index (κ1) is 14.1. The van der Waals surface area contributed by atoms with Gasteiger partial charge in [0.05, 0.1) is 5.56 Å². The third-order valence-corrected chi connectivity index (χ3v) is 3.41. The molecule has 0 heterocycles. The number of rotatable bonds is 5. The second kappa shape index (κ2) is 6.24. The number of aryl methyl sites for hydroxylation is 2. The Labute approximate surface area is 119 Å². The van der Waals surface area contributed by atoms with Gasteiger partial charge in [-0.25, -0.2) is 4.79 Å². The zero-order chi connectivity index (χ0) is 14.5. The zero-order valence-electron chi connectivity index (χ0n) is 11.8. The number of nitrogens with one attached hydrogen (secondary N) is 1. The number of para-hydroxylation sites is 1. The molecular formula is C17H19NO2. The van der Waals surface area contributed by atoms with Crippen molar-refractivity contribution in [2.75, 3.05) is 5.32 Å². The van der Waals surface area contributed by atoms with E-state index < -0.39 is 5.97 Å². The van der Waals surface area contributed by atoms with E-state index in [-0.39, 0.29) is 0 Å². The van der Waals surface area contributed by atoms with Crippen molar-refractivity contribution < 1.29 is 9.90 Å². The minimum atomic E-state index is -0.892. The monoisotopic (exact) mass is 269 g/mol. The van der Waals surface area contributed by atoms with Crippen LogP contribution < -0.4 is 5.32 Å². The number of hydrogen-bond donors (Lipinski definition) is 2. The normalized spacial score (nSPS) is 10.3. The first-order chi connectivity index (χ1) is 9.61. The third kappa shape index (κ3) is 3.18. The standard InChI is InChI=1S/C17H19NO2/c1-3-14-6-4-5-12(2)16(14)18-11-13-7-9-15(10-8-13)17(19)20/h4-10,18H,3,11H2,1-2H3,(H,19,20). The quantitative estimate of drug-likeness (QED) is 0.866. The van der Waals surface area contributed by atoms with Gasteiger partial charge in [0.2, 0.25) is 0 Å². The van der Waals surface area contributed by atoms with Gasteiger partial charge in [-0.2, -0.15) is 0 Å². The Balaban J connectivity index is 2.11. The smallest absolute Gasteiger partial charge is 0.335 e. The topological polar surface area (TPSA) is 49.3 Å². The molecule has 0 unspecified atom stereocenters. The number of anilines is 1. The number of benzene rings is 2. The SMILES string of the molecule is CCc1cccc(C)c1NCc1ccc(C(=O)O)cc1. The highest BCUT2D eigenvalue weighted by atomic mass is 16.4. The van der Waals surface area contributed by atoms with Crippen LogP contribution in [-0.4, -0.2) is 11.1 Å². The van der Waals surface area contributed by atoms with Crippen molar-refractivity contribution in [3.8, 4) is 0 Å². The number of carboxylic acid groups (broad SMARTS) is 1. The van der Waals surface area contributed by atoms with Gasteiger partial charge in [-0.1, -0.05) is 37.3 Å². The minimum absolute atomic E-state index is 0.318. The second-order valence-corrected chi connectivity index (χ2v) is 4.82. The first-order valence-electron chi connectivity index (χ1n) is 6.76. The maximum absolute atomic E-state index is 10.8. The fraction of sp³-hybridized carbons (Fsp3) is 0.235. The van der Waals surface area contributed by atoms with Gasteiger partial charge >= 0.3 is 5.97 Å². The van der Waals surface area contributed by atoms with E-state index in [1.807, 2.05) is 12.1 Å². The van der Waals surface area contributed by atoms with Crippen LogP contribution in [0.25, 0.3) is 0 Å². The number of aromatic carboxylic acids is 1. The van der Waals surface area contributed by atoms with E-state index in [2.05, 4.69) is 37.4 Å². The molecule has 0 bridgehead atoms. The van der Waals surface area contributed by atoms with Gasteiger partial charge in [-0.15, -0.1) is 0 Å². The molecule has 0 amide bonds. The van der Waals surface area contributed by atoms with Crippen molar-refractivity contribution in [1.82, 2.24) is 0 Å². The molecule has 2 aromatic rings. The summed E-state index contributed by atoms with van der Waals surface area (Å²) in [5.41, 5.74) is 5.09. The van der Waals surface area contributed by atoms with Crippen LogP contribution in [0.4, 0.5) is 5.69 Å². The molecule has 2 aromatic carbocycles. The summed E-state index contributed by atoms with van der Waals surface area (Å²) in [6, 6.07) is 13.3. The largest absolute Gasteiger partial charge is 0.478 e. The van der Waals surface area contributed by atoms with Gasteiger partial charge in [-0.05, 0) is 42.2 Å². The number of hydrogen-bond acceptors (Lipinski definition) is 2. The van der Waals surface area contributed by atoms with Crippen LogP contribution in [0, 0.1) is 6.92 Å². The van der Waals surface area contributed by atoms with Crippen LogP contribution in [0.1, 0.15) is 34.0 Å². The molecule has 0 saturated carbocycles. The van der Waals surface area contributed by atoms with E-state index in [4.69, 9.17) is 5.11 Å². The van der Waals surface area contributed by atoms with Crippen LogP contribution in [0.15, 0.2) is 42.5 Å². The summed E-state index contributed by atoms with van der Waals surface area (Å²) in [4.78, 5) is 10.8. The van der Waals surface area contributed by atoms with Crippen molar-refractivity contribution in [1.29, 1.82) is 0 Å². The van der Waals surface area contributed by atoms with Crippen LogP contribution in [0.5, 0.6) is 0 Å². The molecule has 0 radical (unpaired) electrons. The predicted molar refractivity (Wildman–Crippen MR) is 81.3 cm³/mol. The molecule has 0 atom stereocenters. The van der Waals surface area contributed by atoms with Crippen molar-refractivity contribution in [2.24, 2.45) is 0 Å². The van der Waals surface area contributed by atoms with Crippen molar-refractivity contribution in [2.45, 2.75) is 26.8 Å². The molecule has 104 valence electrons. The number of carboxylic acids is 1. The highest BCUT2D eigenvalue weighted by molar-refractivity contribution is 5.87. The van der Waals surface area contributed by atoms with Crippen LogP contribution in [0.3, 0.4) is 0 Å². The van der Waals surface area contributed by atoms with Crippen LogP contribution >= 0.6 is 0 Å². The third-order valence-electron chi connectivity index (χ3n) is 3.41. The summed E-state index contributed by atoms with van der Waals surface area (Å²) in [5, 5.41) is 12.3. The van der Waals surface area contributed by atoms with E-state index in [9.17, 15) is 4.79 Å². The molecule has 3 nitrogen and oxygen atoms in total. The van der Waals surface area contributed by atoms with Crippen molar-refractivity contribution >= 4 is 11.7 Å². The van der Waals surface area contributed by atoms with E-state index in [0.29, 0.717) is 12.1 Å².